The summed E-state index contributed by atoms with van der Waals surface area (Å²) in [7, 11) is 1.67. The SMILES string of the molecule is COc1ccccc1OCCN1CC2CCC(N)C2C1. The van der Waals surface area contributed by atoms with Crippen LogP contribution < -0.4 is 15.2 Å². The van der Waals surface area contributed by atoms with Crippen molar-refractivity contribution in [1.29, 1.82) is 0 Å². The van der Waals surface area contributed by atoms with Crippen LogP contribution in [0.5, 0.6) is 11.5 Å². The van der Waals surface area contributed by atoms with Crippen molar-refractivity contribution < 1.29 is 9.47 Å². The van der Waals surface area contributed by atoms with Gasteiger partial charge in [0.15, 0.2) is 11.5 Å². The molecular weight excluding hydrogens is 252 g/mol. The maximum absolute atomic E-state index is 6.17. The van der Waals surface area contributed by atoms with Crippen LogP contribution in [0.2, 0.25) is 0 Å². The number of rotatable bonds is 5. The van der Waals surface area contributed by atoms with Gasteiger partial charge < -0.3 is 15.2 Å². The highest BCUT2D eigenvalue weighted by molar-refractivity contribution is 5.39. The van der Waals surface area contributed by atoms with Crippen LogP contribution in [-0.4, -0.2) is 44.3 Å². The Bertz CT molecular complexity index is 452. The minimum atomic E-state index is 0.417. The molecule has 1 heterocycles. The number of likely N-dealkylation sites (tertiary alicyclic amines) is 1. The van der Waals surface area contributed by atoms with Gasteiger partial charge in [-0.15, -0.1) is 0 Å². The Labute approximate surface area is 120 Å². The fourth-order valence-corrected chi connectivity index (χ4v) is 3.61. The van der Waals surface area contributed by atoms with E-state index in [0.29, 0.717) is 18.6 Å². The van der Waals surface area contributed by atoms with Gasteiger partial charge in [-0.25, -0.2) is 0 Å². The lowest BCUT2D eigenvalue weighted by Crippen LogP contribution is -2.32. The molecule has 1 saturated carbocycles. The van der Waals surface area contributed by atoms with Crippen molar-refractivity contribution in [3.8, 4) is 11.5 Å². The molecule has 20 heavy (non-hydrogen) atoms. The van der Waals surface area contributed by atoms with E-state index in [1.165, 1.54) is 19.4 Å². The number of para-hydroxylation sites is 2. The van der Waals surface area contributed by atoms with E-state index in [9.17, 15) is 0 Å². The lowest BCUT2D eigenvalue weighted by Gasteiger charge is -2.19. The smallest absolute Gasteiger partial charge is 0.161 e. The van der Waals surface area contributed by atoms with Crippen molar-refractivity contribution in [2.45, 2.75) is 18.9 Å². The summed E-state index contributed by atoms with van der Waals surface area (Å²) >= 11 is 0. The number of benzene rings is 1. The normalized spacial score (nSPS) is 29.4. The third kappa shape index (κ3) is 2.76. The first kappa shape index (κ1) is 13.7. The van der Waals surface area contributed by atoms with Gasteiger partial charge in [0.25, 0.3) is 0 Å². The lowest BCUT2D eigenvalue weighted by molar-refractivity contribution is 0.220. The van der Waals surface area contributed by atoms with Crippen molar-refractivity contribution in [2.75, 3.05) is 33.4 Å². The van der Waals surface area contributed by atoms with E-state index in [-0.39, 0.29) is 0 Å². The lowest BCUT2D eigenvalue weighted by atomic mass is 9.98. The molecule has 3 atom stereocenters. The Hall–Kier alpha value is -1.26. The molecule has 0 radical (unpaired) electrons. The predicted molar refractivity (Wildman–Crippen MR) is 79.1 cm³/mol. The number of hydrogen-bond acceptors (Lipinski definition) is 4. The molecule has 3 unspecified atom stereocenters. The quantitative estimate of drug-likeness (QED) is 0.890. The van der Waals surface area contributed by atoms with Gasteiger partial charge in [0, 0.05) is 25.7 Å². The Morgan fingerprint density at radius 1 is 1.20 bits per heavy atom. The highest BCUT2D eigenvalue weighted by Gasteiger charge is 2.40. The molecule has 4 nitrogen and oxygen atoms in total. The van der Waals surface area contributed by atoms with Crippen LogP contribution >= 0.6 is 0 Å². The maximum atomic E-state index is 6.17. The first-order chi connectivity index (χ1) is 9.78. The zero-order valence-corrected chi connectivity index (χ0v) is 12.1. The summed E-state index contributed by atoms with van der Waals surface area (Å²) in [6.07, 6.45) is 2.51. The summed E-state index contributed by atoms with van der Waals surface area (Å²) in [6.45, 7) is 4.00. The van der Waals surface area contributed by atoms with Gasteiger partial charge >= 0.3 is 0 Å². The summed E-state index contributed by atoms with van der Waals surface area (Å²) in [5, 5.41) is 0. The first-order valence-electron chi connectivity index (χ1n) is 7.51. The van der Waals surface area contributed by atoms with Gasteiger partial charge in [0.1, 0.15) is 6.61 Å². The zero-order valence-electron chi connectivity index (χ0n) is 12.1. The van der Waals surface area contributed by atoms with Crippen LogP contribution in [-0.2, 0) is 0 Å². The summed E-state index contributed by atoms with van der Waals surface area (Å²) < 4.78 is 11.1. The average Bonchev–Trinajstić information content (AvgIpc) is 3.02. The molecule has 0 amide bonds. The maximum Gasteiger partial charge on any atom is 0.161 e. The summed E-state index contributed by atoms with van der Waals surface area (Å²) in [5.74, 6) is 3.15. The highest BCUT2D eigenvalue weighted by atomic mass is 16.5. The largest absolute Gasteiger partial charge is 0.493 e. The van der Waals surface area contributed by atoms with Crippen LogP contribution in [0.3, 0.4) is 0 Å². The molecule has 1 saturated heterocycles. The van der Waals surface area contributed by atoms with E-state index in [0.717, 1.165) is 30.5 Å². The van der Waals surface area contributed by atoms with Gasteiger partial charge in [-0.2, -0.15) is 0 Å². The zero-order chi connectivity index (χ0) is 13.9. The van der Waals surface area contributed by atoms with Gasteiger partial charge in [-0.05, 0) is 36.8 Å². The molecule has 2 N–H and O–H groups in total. The number of hydrogen-bond donors (Lipinski definition) is 1. The van der Waals surface area contributed by atoms with Crippen LogP contribution in [0.25, 0.3) is 0 Å². The van der Waals surface area contributed by atoms with Crippen molar-refractivity contribution in [3.05, 3.63) is 24.3 Å². The van der Waals surface area contributed by atoms with E-state index >= 15 is 0 Å². The molecule has 3 rings (SSSR count). The van der Waals surface area contributed by atoms with Crippen LogP contribution in [0.4, 0.5) is 0 Å². The molecule has 1 aliphatic heterocycles. The number of fused-ring (bicyclic) bond motifs is 1. The Morgan fingerprint density at radius 2 is 2.00 bits per heavy atom. The molecule has 0 spiro atoms. The molecule has 0 bridgehead atoms. The molecule has 2 fully saturated rings. The Morgan fingerprint density at radius 3 is 2.75 bits per heavy atom. The van der Waals surface area contributed by atoms with Gasteiger partial charge in [-0.1, -0.05) is 12.1 Å². The van der Waals surface area contributed by atoms with Crippen LogP contribution in [0, 0.1) is 11.8 Å². The van der Waals surface area contributed by atoms with Crippen molar-refractivity contribution in [1.82, 2.24) is 4.90 Å². The van der Waals surface area contributed by atoms with E-state index in [4.69, 9.17) is 15.2 Å². The van der Waals surface area contributed by atoms with Crippen molar-refractivity contribution in [2.24, 2.45) is 17.6 Å². The van der Waals surface area contributed by atoms with Gasteiger partial charge in [0.05, 0.1) is 7.11 Å². The van der Waals surface area contributed by atoms with Crippen molar-refractivity contribution in [3.63, 3.8) is 0 Å². The topological polar surface area (TPSA) is 47.7 Å². The highest BCUT2D eigenvalue weighted by Crippen LogP contribution is 2.36. The van der Waals surface area contributed by atoms with Gasteiger partial charge in [-0.3, -0.25) is 4.90 Å². The average molecular weight is 276 g/mol. The fraction of sp³-hybridized carbons (Fsp3) is 0.625. The van der Waals surface area contributed by atoms with Crippen LogP contribution in [0.1, 0.15) is 12.8 Å². The molecule has 1 aliphatic carbocycles. The monoisotopic (exact) mass is 276 g/mol. The molecule has 4 heteroatoms. The summed E-state index contributed by atoms with van der Waals surface area (Å²) in [6, 6.07) is 8.22. The third-order valence-corrected chi connectivity index (χ3v) is 4.72. The molecule has 1 aromatic rings. The number of methoxy groups -OCH3 is 1. The molecule has 1 aromatic carbocycles. The van der Waals surface area contributed by atoms with E-state index in [2.05, 4.69) is 4.90 Å². The molecular formula is C16H24N2O2. The molecule has 2 aliphatic rings. The number of nitrogens with two attached hydrogens (primary N) is 1. The van der Waals surface area contributed by atoms with Crippen molar-refractivity contribution >= 4 is 0 Å². The number of ether oxygens (including phenoxy) is 2. The van der Waals surface area contributed by atoms with E-state index < -0.39 is 0 Å². The third-order valence-electron chi connectivity index (χ3n) is 4.72. The standard InChI is InChI=1S/C16H24N2O2/c1-19-15-4-2-3-5-16(15)20-9-8-18-10-12-6-7-14(17)13(12)11-18/h2-5,12-14H,6-11,17H2,1H3. The minimum absolute atomic E-state index is 0.417. The second kappa shape index (κ2) is 6.02. The second-order valence-electron chi connectivity index (χ2n) is 5.92. The summed E-state index contributed by atoms with van der Waals surface area (Å²) in [4.78, 5) is 2.49. The fourth-order valence-electron chi connectivity index (χ4n) is 3.61. The van der Waals surface area contributed by atoms with E-state index in [1.54, 1.807) is 7.11 Å². The van der Waals surface area contributed by atoms with Crippen LogP contribution in [0.15, 0.2) is 24.3 Å². The summed E-state index contributed by atoms with van der Waals surface area (Å²) in [5.41, 5.74) is 6.17. The Kier molecular flexibility index (Phi) is 4.13. The Balaban J connectivity index is 1.47. The molecule has 110 valence electrons. The van der Waals surface area contributed by atoms with E-state index in [1.807, 2.05) is 24.3 Å². The van der Waals surface area contributed by atoms with Gasteiger partial charge in [0.2, 0.25) is 0 Å². The minimum Gasteiger partial charge on any atom is -0.493 e. The molecule has 0 aromatic heterocycles. The number of nitrogens with zero attached hydrogens (tertiary/aromatic N) is 1. The second-order valence-corrected chi connectivity index (χ2v) is 5.92. The predicted octanol–water partition coefficient (Wildman–Crippen LogP) is 1.74. The first-order valence-corrected chi connectivity index (χ1v) is 7.51.